The summed E-state index contributed by atoms with van der Waals surface area (Å²) in [6.07, 6.45) is 0. The van der Waals surface area contributed by atoms with Crippen LogP contribution < -0.4 is 20.1 Å². The van der Waals surface area contributed by atoms with Crippen molar-refractivity contribution in [1.82, 2.24) is 5.32 Å². The summed E-state index contributed by atoms with van der Waals surface area (Å²) in [4.78, 5) is 13.1. The lowest BCUT2D eigenvalue weighted by atomic mass is 10.0. The van der Waals surface area contributed by atoms with Crippen LogP contribution in [0.15, 0.2) is 72.8 Å². The first-order chi connectivity index (χ1) is 14.6. The smallest absolute Gasteiger partial charge is 0.247 e. The topological polar surface area (TPSA) is 83.4 Å². The van der Waals surface area contributed by atoms with Gasteiger partial charge in [0.15, 0.2) is 0 Å². The second kappa shape index (κ2) is 9.99. The molecule has 2 N–H and O–H groups in total. The molecule has 0 bridgehead atoms. The lowest BCUT2D eigenvalue weighted by Gasteiger charge is -2.21. The second-order valence-electron chi connectivity index (χ2n) is 6.62. The molecule has 30 heavy (non-hydrogen) atoms. The van der Waals surface area contributed by atoms with Crippen LogP contribution in [0.3, 0.4) is 0 Å². The van der Waals surface area contributed by atoms with Crippen LogP contribution in [0.2, 0.25) is 0 Å². The summed E-state index contributed by atoms with van der Waals surface area (Å²) >= 11 is 0. The van der Waals surface area contributed by atoms with Crippen molar-refractivity contribution in [3.63, 3.8) is 0 Å². The lowest BCUT2D eigenvalue weighted by molar-refractivity contribution is -0.122. The predicted octanol–water partition coefficient (Wildman–Crippen LogP) is 4.05. The van der Waals surface area contributed by atoms with E-state index in [1.54, 1.807) is 56.7 Å². The van der Waals surface area contributed by atoms with E-state index >= 15 is 0 Å². The van der Waals surface area contributed by atoms with Crippen LogP contribution in [0.25, 0.3) is 0 Å². The number of carbonyl (C=O) groups excluding carboxylic acids is 1. The minimum Gasteiger partial charge on any atom is -0.497 e. The number of rotatable bonds is 8. The van der Waals surface area contributed by atoms with Gasteiger partial charge < -0.3 is 20.1 Å². The third kappa shape index (κ3) is 5.30. The molecule has 0 aromatic heterocycles. The number of nitrogens with one attached hydrogen (secondary N) is 2. The molecule has 0 unspecified atom stereocenters. The molecule has 0 aliphatic heterocycles. The Hall–Kier alpha value is -3.98. The third-order valence-electron chi connectivity index (χ3n) is 4.60. The standard InChI is InChI=1S/C24H23N3O3/c1-29-21-12-19(13-22(14-21)30-2)23(27-20-10-8-17(15-25)9-11-20)24(28)26-16-18-6-4-3-5-7-18/h3-14,23,27H,16H2,1-2H3,(H,26,28)/t23-/m0/s1. The van der Waals surface area contributed by atoms with Crippen LogP contribution in [-0.2, 0) is 11.3 Å². The number of methoxy groups -OCH3 is 2. The number of carbonyl (C=O) groups is 1. The summed E-state index contributed by atoms with van der Waals surface area (Å²) in [5.41, 5.74) is 2.97. The Labute approximate surface area is 176 Å². The van der Waals surface area contributed by atoms with E-state index in [1.807, 2.05) is 30.3 Å². The summed E-state index contributed by atoms with van der Waals surface area (Å²) in [5, 5.41) is 15.2. The average molecular weight is 401 g/mol. The molecule has 0 saturated carbocycles. The number of nitrogens with zero attached hydrogens (tertiary/aromatic N) is 1. The normalized spacial score (nSPS) is 11.1. The predicted molar refractivity (Wildman–Crippen MR) is 115 cm³/mol. The molecule has 0 saturated heterocycles. The van der Waals surface area contributed by atoms with Crippen molar-refractivity contribution in [3.05, 3.63) is 89.5 Å². The van der Waals surface area contributed by atoms with Crippen molar-refractivity contribution in [1.29, 1.82) is 5.26 Å². The van der Waals surface area contributed by atoms with Gasteiger partial charge in [-0.05, 0) is 47.5 Å². The molecule has 0 spiro atoms. The van der Waals surface area contributed by atoms with Crippen molar-refractivity contribution in [3.8, 4) is 17.6 Å². The molecule has 6 heteroatoms. The van der Waals surface area contributed by atoms with E-state index < -0.39 is 6.04 Å². The fourth-order valence-corrected chi connectivity index (χ4v) is 2.99. The lowest BCUT2D eigenvalue weighted by Crippen LogP contribution is -2.33. The van der Waals surface area contributed by atoms with Crippen molar-refractivity contribution in [2.45, 2.75) is 12.6 Å². The Morgan fingerprint density at radius 1 is 0.967 bits per heavy atom. The molecule has 1 atom stereocenters. The molecule has 3 rings (SSSR count). The van der Waals surface area contributed by atoms with Crippen molar-refractivity contribution < 1.29 is 14.3 Å². The van der Waals surface area contributed by atoms with Crippen molar-refractivity contribution in [2.75, 3.05) is 19.5 Å². The molecule has 0 heterocycles. The van der Waals surface area contributed by atoms with E-state index in [1.165, 1.54) is 0 Å². The van der Waals surface area contributed by atoms with E-state index in [2.05, 4.69) is 16.7 Å². The first-order valence-electron chi connectivity index (χ1n) is 9.44. The van der Waals surface area contributed by atoms with Crippen molar-refractivity contribution in [2.24, 2.45) is 0 Å². The molecule has 3 aromatic rings. The van der Waals surface area contributed by atoms with Crippen LogP contribution in [0, 0.1) is 11.3 Å². The maximum absolute atomic E-state index is 13.1. The molecule has 0 aliphatic carbocycles. The Morgan fingerprint density at radius 2 is 1.60 bits per heavy atom. The van der Waals surface area contributed by atoms with Gasteiger partial charge in [0, 0.05) is 18.3 Å². The van der Waals surface area contributed by atoms with Gasteiger partial charge in [0.05, 0.1) is 25.9 Å². The van der Waals surface area contributed by atoms with Gasteiger partial charge in [-0.15, -0.1) is 0 Å². The molecule has 3 aromatic carbocycles. The molecule has 0 radical (unpaired) electrons. The fourth-order valence-electron chi connectivity index (χ4n) is 2.99. The minimum atomic E-state index is -0.689. The maximum Gasteiger partial charge on any atom is 0.247 e. The Bertz CT molecular complexity index is 1010. The number of nitriles is 1. The van der Waals surface area contributed by atoms with E-state index in [0.717, 1.165) is 11.3 Å². The maximum atomic E-state index is 13.1. The van der Waals surface area contributed by atoms with Gasteiger partial charge in [-0.2, -0.15) is 5.26 Å². The molecule has 152 valence electrons. The Kier molecular flexibility index (Phi) is 6.91. The zero-order chi connectivity index (χ0) is 21.3. The highest BCUT2D eigenvalue weighted by Gasteiger charge is 2.22. The highest BCUT2D eigenvalue weighted by atomic mass is 16.5. The Morgan fingerprint density at radius 3 is 2.17 bits per heavy atom. The quantitative estimate of drug-likeness (QED) is 0.595. The highest BCUT2D eigenvalue weighted by molar-refractivity contribution is 5.86. The first kappa shape index (κ1) is 20.7. The zero-order valence-electron chi connectivity index (χ0n) is 16.9. The number of anilines is 1. The number of benzene rings is 3. The highest BCUT2D eigenvalue weighted by Crippen LogP contribution is 2.29. The fraction of sp³-hybridized carbons (Fsp3) is 0.167. The minimum absolute atomic E-state index is 0.196. The Balaban J connectivity index is 1.89. The zero-order valence-corrected chi connectivity index (χ0v) is 16.9. The molecule has 0 aliphatic rings. The van der Waals surface area contributed by atoms with Gasteiger partial charge in [0.1, 0.15) is 17.5 Å². The molecular formula is C24H23N3O3. The van der Waals surface area contributed by atoms with Gasteiger partial charge in [-0.1, -0.05) is 30.3 Å². The summed E-state index contributed by atoms with van der Waals surface area (Å²) in [5.74, 6) is 0.984. The molecule has 0 fully saturated rings. The van der Waals surface area contributed by atoms with Crippen molar-refractivity contribution >= 4 is 11.6 Å². The number of hydrogen-bond acceptors (Lipinski definition) is 5. The second-order valence-corrected chi connectivity index (χ2v) is 6.62. The number of ether oxygens (including phenoxy) is 2. The van der Waals surface area contributed by atoms with Gasteiger partial charge in [-0.25, -0.2) is 0 Å². The summed E-state index contributed by atoms with van der Waals surface area (Å²) < 4.78 is 10.7. The number of hydrogen-bond donors (Lipinski definition) is 2. The van der Waals surface area contributed by atoms with E-state index in [9.17, 15) is 4.79 Å². The van der Waals surface area contributed by atoms with Crippen LogP contribution >= 0.6 is 0 Å². The molecule has 1 amide bonds. The number of amides is 1. The van der Waals surface area contributed by atoms with Gasteiger partial charge in [0.2, 0.25) is 5.91 Å². The van der Waals surface area contributed by atoms with Crippen LogP contribution in [-0.4, -0.2) is 20.1 Å². The van der Waals surface area contributed by atoms with Crippen LogP contribution in [0.5, 0.6) is 11.5 Å². The largest absolute Gasteiger partial charge is 0.497 e. The summed E-state index contributed by atoms with van der Waals surface area (Å²) in [6, 6.07) is 23.4. The van der Waals surface area contributed by atoms with Crippen LogP contribution in [0.4, 0.5) is 5.69 Å². The van der Waals surface area contributed by atoms with Gasteiger partial charge >= 0.3 is 0 Å². The average Bonchev–Trinajstić information content (AvgIpc) is 2.81. The SMILES string of the molecule is COc1cc(OC)cc([C@H](Nc2ccc(C#N)cc2)C(=O)NCc2ccccc2)c1. The summed E-state index contributed by atoms with van der Waals surface area (Å²) in [7, 11) is 3.13. The monoisotopic (exact) mass is 401 g/mol. The van der Waals surface area contributed by atoms with Gasteiger partial charge in [-0.3, -0.25) is 4.79 Å². The first-order valence-corrected chi connectivity index (χ1v) is 9.44. The van der Waals surface area contributed by atoms with Gasteiger partial charge in [0.25, 0.3) is 0 Å². The van der Waals surface area contributed by atoms with E-state index in [-0.39, 0.29) is 5.91 Å². The third-order valence-corrected chi connectivity index (χ3v) is 4.60. The molecular weight excluding hydrogens is 378 g/mol. The van der Waals surface area contributed by atoms with E-state index in [4.69, 9.17) is 14.7 Å². The summed E-state index contributed by atoms with van der Waals surface area (Å²) in [6.45, 7) is 0.409. The molecule has 6 nitrogen and oxygen atoms in total. The van der Waals surface area contributed by atoms with Crippen LogP contribution in [0.1, 0.15) is 22.7 Å². The van der Waals surface area contributed by atoms with E-state index in [0.29, 0.717) is 29.2 Å².